The van der Waals surface area contributed by atoms with Gasteiger partial charge in [0.15, 0.2) is 11.5 Å². The highest BCUT2D eigenvalue weighted by molar-refractivity contribution is 5.77. The molecule has 1 aromatic heterocycles. The van der Waals surface area contributed by atoms with E-state index in [0.717, 1.165) is 44.2 Å². The molecule has 9 heteroatoms. The molecule has 0 bridgehead atoms. The Labute approximate surface area is 196 Å². The first-order valence-electron chi connectivity index (χ1n) is 11.8. The summed E-state index contributed by atoms with van der Waals surface area (Å²) in [5.41, 5.74) is 1.06. The second-order valence-electron chi connectivity index (χ2n) is 8.88. The number of hydrogen-bond acceptors (Lipinski definition) is 5. The minimum absolute atomic E-state index is 0.141. The lowest BCUT2D eigenvalue weighted by atomic mass is 10.1. The first-order chi connectivity index (χ1) is 16.6. The second kappa shape index (κ2) is 9.72. The zero-order valence-corrected chi connectivity index (χ0v) is 19.0. The van der Waals surface area contributed by atoms with Crippen LogP contribution in [-0.4, -0.2) is 53.3 Å². The van der Waals surface area contributed by atoms with Crippen molar-refractivity contribution in [3.63, 3.8) is 0 Å². The average Bonchev–Trinajstić information content (AvgIpc) is 3.32. The Morgan fingerprint density at radius 2 is 1.79 bits per heavy atom. The molecule has 34 heavy (non-hydrogen) atoms. The Hall–Kier alpha value is -3.59. The van der Waals surface area contributed by atoms with Crippen LogP contribution >= 0.6 is 0 Å². The molecule has 9 nitrogen and oxygen atoms in total. The molecule has 178 valence electrons. The fourth-order valence-electron chi connectivity index (χ4n) is 4.69. The van der Waals surface area contributed by atoms with Crippen LogP contribution in [0.3, 0.4) is 0 Å². The van der Waals surface area contributed by atoms with Gasteiger partial charge in [0.2, 0.25) is 12.7 Å². The van der Waals surface area contributed by atoms with Gasteiger partial charge in [0.05, 0.1) is 37.1 Å². The molecule has 5 rings (SSSR count). The molecule has 1 fully saturated rings. The monoisotopic (exact) mass is 465 g/mol. The maximum atomic E-state index is 12.7. The minimum Gasteiger partial charge on any atom is -0.454 e. The Balaban J connectivity index is 1.07. The molecular formula is C25H29N4O5+. The summed E-state index contributed by atoms with van der Waals surface area (Å²) in [4.78, 5) is 43.6. The summed E-state index contributed by atoms with van der Waals surface area (Å²) in [7, 11) is 0. The van der Waals surface area contributed by atoms with Crippen molar-refractivity contribution >= 4 is 16.8 Å². The van der Waals surface area contributed by atoms with Crippen LogP contribution in [0.25, 0.3) is 10.9 Å². The van der Waals surface area contributed by atoms with Gasteiger partial charge in [-0.05, 0) is 43.2 Å². The molecule has 0 atom stereocenters. The smallest absolute Gasteiger partial charge is 0.328 e. The highest BCUT2D eigenvalue weighted by Crippen LogP contribution is 2.32. The average molecular weight is 466 g/mol. The number of rotatable bonds is 7. The van der Waals surface area contributed by atoms with E-state index in [0.29, 0.717) is 36.7 Å². The number of quaternary nitrogens is 1. The maximum absolute atomic E-state index is 12.7. The molecule has 0 radical (unpaired) electrons. The lowest BCUT2D eigenvalue weighted by Gasteiger charge is -2.32. The quantitative estimate of drug-likeness (QED) is 0.496. The molecular weight excluding hydrogens is 436 g/mol. The van der Waals surface area contributed by atoms with Crippen molar-refractivity contribution in [3.05, 3.63) is 68.9 Å². The minimum atomic E-state index is -0.406. The van der Waals surface area contributed by atoms with Gasteiger partial charge in [-0.1, -0.05) is 12.1 Å². The number of aromatic nitrogens is 2. The topological polar surface area (TPSA) is 98.1 Å². The third kappa shape index (κ3) is 4.70. The fraction of sp³-hybridized carbons (Fsp3) is 0.400. The number of H-pyrrole nitrogens is 1. The van der Waals surface area contributed by atoms with E-state index < -0.39 is 5.69 Å². The number of benzene rings is 2. The van der Waals surface area contributed by atoms with Crippen LogP contribution in [0.5, 0.6) is 11.5 Å². The molecule has 0 aliphatic carbocycles. The highest BCUT2D eigenvalue weighted by Gasteiger charge is 2.24. The van der Waals surface area contributed by atoms with Gasteiger partial charge in [0, 0.05) is 18.5 Å². The Bertz CT molecular complexity index is 1310. The number of piperazine rings is 1. The van der Waals surface area contributed by atoms with E-state index in [1.54, 1.807) is 24.3 Å². The normalized spacial score (nSPS) is 15.7. The largest absolute Gasteiger partial charge is 0.454 e. The SMILES string of the molecule is O=C(CCCCn1c(=O)[nH]c2ccccc2c1=O)N1CC[NH+](Cc2ccc3c(c2)OCO3)CC1. The number of ether oxygens (including phenoxy) is 2. The van der Waals surface area contributed by atoms with Gasteiger partial charge in [-0.15, -0.1) is 0 Å². The van der Waals surface area contributed by atoms with Gasteiger partial charge in [-0.2, -0.15) is 0 Å². The zero-order valence-electron chi connectivity index (χ0n) is 19.0. The van der Waals surface area contributed by atoms with Crippen molar-refractivity contribution < 1.29 is 19.2 Å². The van der Waals surface area contributed by atoms with Crippen molar-refractivity contribution in [2.24, 2.45) is 0 Å². The summed E-state index contributed by atoms with van der Waals surface area (Å²) in [5.74, 6) is 1.74. The van der Waals surface area contributed by atoms with Gasteiger partial charge >= 0.3 is 5.69 Å². The number of carbonyl (C=O) groups excluding carboxylic acids is 1. The van der Waals surface area contributed by atoms with Crippen molar-refractivity contribution in [1.29, 1.82) is 0 Å². The number of carbonyl (C=O) groups is 1. The molecule has 0 saturated carbocycles. The first-order valence-corrected chi connectivity index (χ1v) is 11.8. The summed E-state index contributed by atoms with van der Waals surface area (Å²) in [6.45, 7) is 4.77. The third-order valence-corrected chi connectivity index (χ3v) is 6.63. The molecule has 1 saturated heterocycles. The van der Waals surface area contributed by atoms with E-state index in [9.17, 15) is 14.4 Å². The van der Waals surface area contributed by atoms with E-state index in [2.05, 4.69) is 11.1 Å². The van der Waals surface area contributed by atoms with Crippen LogP contribution in [0.1, 0.15) is 24.8 Å². The van der Waals surface area contributed by atoms with Crippen LogP contribution in [0.15, 0.2) is 52.1 Å². The molecule has 0 spiro atoms. The molecule has 3 heterocycles. The van der Waals surface area contributed by atoms with Crippen LogP contribution in [-0.2, 0) is 17.9 Å². The molecule has 3 aromatic rings. The summed E-state index contributed by atoms with van der Waals surface area (Å²) >= 11 is 0. The number of amides is 1. The van der Waals surface area contributed by atoms with Gasteiger partial charge in [0.25, 0.3) is 5.56 Å². The van der Waals surface area contributed by atoms with Crippen LogP contribution in [0.4, 0.5) is 0 Å². The molecule has 0 unspecified atom stereocenters. The molecule has 2 aliphatic rings. The van der Waals surface area contributed by atoms with E-state index in [4.69, 9.17) is 9.47 Å². The summed E-state index contributed by atoms with van der Waals surface area (Å²) in [5, 5.41) is 0.499. The van der Waals surface area contributed by atoms with Crippen LogP contribution in [0, 0.1) is 0 Å². The number of nitrogens with one attached hydrogen (secondary N) is 2. The number of aromatic amines is 1. The van der Waals surface area contributed by atoms with E-state index in [-0.39, 0.29) is 18.3 Å². The van der Waals surface area contributed by atoms with Gasteiger partial charge < -0.3 is 24.3 Å². The van der Waals surface area contributed by atoms with E-state index >= 15 is 0 Å². The summed E-state index contributed by atoms with van der Waals surface area (Å²) < 4.78 is 12.1. The number of para-hydroxylation sites is 1. The lowest BCUT2D eigenvalue weighted by molar-refractivity contribution is -0.917. The zero-order chi connectivity index (χ0) is 23.5. The third-order valence-electron chi connectivity index (χ3n) is 6.63. The van der Waals surface area contributed by atoms with E-state index in [1.165, 1.54) is 15.0 Å². The van der Waals surface area contributed by atoms with Crippen molar-refractivity contribution in [2.45, 2.75) is 32.4 Å². The van der Waals surface area contributed by atoms with Crippen molar-refractivity contribution in [1.82, 2.24) is 14.5 Å². The first kappa shape index (κ1) is 22.2. The van der Waals surface area contributed by atoms with Crippen LogP contribution in [0.2, 0.25) is 0 Å². The molecule has 1 amide bonds. The standard InChI is InChI=1S/C25H28N4O5/c30-23(7-3-4-10-29-24(31)19-5-1-2-6-20(19)26-25(29)32)28-13-11-27(12-14-28)16-18-8-9-21-22(15-18)34-17-33-21/h1-2,5-6,8-9,15H,3-4,7,10-14,16-17H2,(H,26,32)/p+1. The Morgan fingerprint density at radius 1 is 1.00 bits per heavy atom. The molecule has 2 N–H and O–H groups in total. The lowest BCUT2D eigenvalue weighted by Crippen LogP contribution is -3.13. The van der Waals surface area contributed by atoms with Crippen molar-refractivity contribution in [2.75, 3.05) is 33.0 Å². The highest BCUT2D eigenvalue weighted by atomic mass is 16.7. The second-order valence-corrected chi connectivity index (χ2v) is 8.88. The van der Waals surface area contributed by atoms with E-state index in [1.807, 2.05) is 17.0 Å². The predicted molar refractivity (Wildman–Crippen MR) is 126 cm³/mol. The van der Waals surface area contributed by atoms with Gasteiger partial charge in [-0.3, -0.25) is 14.2 Å². The molecule has 2 aliphatic heterocycles. The van der Waals surface area contributed by atoms with Gasteiger partial charge in [-0.25, -0.2) is 4.79 Å². The summed E-state index contributed by atoms with van der Waals surface area (Å²) in [6.07, 6.45) is 1.67. The maximum Gasteiger partial charge on any atom is 0.328 e. The van der Waals surface area contributed by atoms with Crippen LogP contribution < -0.4 is 25.6 Å². The Morgan fingerprint density at radius 3 is 2.65 bits per heavy atom. The van der Waals surface area contributed by atoms with Gasteiger partial charge in [0.1, 0.15) is 6.54 Å². The fourth-order valence-corrected chi connectivity index (χ4v) is 4.69. The predicted octanol–water partition coefficient (Wildman–Crippen LogP) is 0.516. The number of unbranched alkanes of at least 4 members (excludes halogenated alkanes) is 1. The summed E-state index contributed by atoms with van der Waals surface area (Å²) in [6, 6.07) is 13.1. The number of nitrogens with zero attached hydrogens (tertiary/aromatic N) is 2. The number of fused-ring (bicyclic) bond motifs is 2. The Kier molecular flexibility index (Phi) is 6.35. The number of hydrogen-bond donors (Lipinski definition) is 2. The molecule has 2 aromatic carbocycles. The van der Waals surface area contributed by atoms with Crippen molar-refractivity contribution in [3.8, 4) is 11.5 Å².